The summed E-state index contributed by atoms with van der Waals surface area (Å²) in [6, 6.07) is 12.7. The van der Waals surface area contributed by atoms with Crippen LogP contribution in [0.1, 0.15) is 22.7 Å². The summed E-state index contributed by atoms with van der Waals surface area (Å²) in [5, 5.41) is 13.0. The van der Waals surface area contributed by atoms with Crippen molar-refractivity contribution in [2.75, 3.05) is 0 Å². The predicted molar refractivity (Wildman–Crippen MR) is 109 cm³/mol. The lowest BCUT2D eigenvalue weighted by Crippen LogP contribution is -2.23. The third-order valence-electron chi connectivity index (χ3n) is 4.31. The Kier molecular flexibility index (Phi) is 5.93. The number of hydrogen-bond acceptors (Lipinski definition) is 3. The molecule has 2 heterocycles. The van der Waals surface area contributed by atoms with Crippen LogP contribution in [0.4, 0.5) is 0 Å². The molecule has 0 saturated carbocycles. The molecule has 0 aliphatic carbocycles. The van der Waals surface area contributed by atoms with Crippen molar-refractivity contribution in [3.63, 3.8) is 0 Å². The highest BCUT2D eigenvalue weighted by Gasteiger charge is 2.16. The Labute approximate surface area is 172 Å². The summed E-state index contributed by atoms with van der Waals surface area (Å²) < 4.78 is 7.12. The zero-order chi connectivity index (χ0) is 20.3. The van der Waals surface area contributed by atoms with Crippen LogP contribution in [-0.4, -0.2) is 10.5 Å². The topological polar surface area (TPSA) is 71.0 Å². The minimum atomic E-state index is -0.468. The number of nitriles is 1. The minimum Gasteiger partial charge on any atom is -0.467 e. The first-order valence-corrected chi connectivity index (χ1v) is 9.23. The molecule has 1 aromatic carbocycles. The molecule has 0 aliphatic rings. The summed E-state index contributed by atoms with van der Waals surface area (Å²) in [5.74, 6) is 0.143. The van der Waals surface area contributed by atoms with Gasteiger partial charge in [-0.2, -0.15) is 5.26 Å². The Bertz CT molecular complexity index is 1090. The second-order valence-electron chi connectivity index (χ2n) is 6.17. The zero-order valence-electron chi connectivity index (χ0n) is 15.3. The second kappa shape index (κ2) is 8.39. The van der Waals surface area contributed by atoms with E-state index in [1.165, 1.54) is 6.26 Å². The van der Waals surface area contributed by atoms with Crippen molar-refractivity contribution in [2.24, 2.45) is 0 Å². The number of benzene rings is 1. The van der Waals surface area contributed by atoms with E-state index in [0.717, 1.165) is 22.6 Å². The maximum atomic E-state index is 12.4. The number of carbonyl (C=O) groups is 1. The standard InChI is InChI=1S/C21H17Cl2N3O2/c1-13-9-15(14(2)26(13)19-7-3-6-18(22)20(19)23)10-16(11-24)21(27)25-12-17-5-4-8-28-17/h3-10H,12H2,1-2H3,(H,25,27). The fraction of sp³-hybridized carbons (Fsp3) is 0.143. The van der Waals surface area contributed by atoms with E-state index in [0.29, 0.717) is 15.8 Å². The number of aromatic nitrogens is 1. The van der Waals surface area contributed by atoms with Crippen LogP contribution in [0.15, 0.2) is 52.7 Å². The van der Waals surface area contributed by atoms with Crippen molar-refractivity contribution < 1.29 is 9.21 Å². The molecule has 0 saturated heterocycles. The quantitative estimate of drug-likeness (QED) is 0.460. The lowest BCUT2D eigenvalue weighted by Gasteiger charge is -2.12. The summed E-state index contributed by atoms with van der Waals surface area (Å²) in [6.45, 7) is 4.03. The van der Waals surface area contributed by atoms with Gasteiger partial charge in [0, 0.05) is 11.4 Å². The van der Waals surface area contributed by atoms with E-state index in [-0.39, 0.29) is 12.1 Å². The van der Waals surface area contributed by atoms with E-state index in [1.807, 2.05) is 42.7 Å². The molecule has 3 rings (SSSR count). The average Bonchev–Trinajstić information content (AvgIpc) is 3.28. The fourth-order valence-corrected chi connectivity index (χ4v) is 3.33. The van der Waals surface area contributed by atoms with Crippen LogP contribution < -0.4 is 5.32 Å². The Hall–Kier alpha value is -2.94. The molecule has 0 atom stereocenters. The van der Waals surface area contributed by atoms with Crippen LogP contribution in [0, 0.1) is 25.2 Å². The zero-order valence-corrected chi connectivity index (χ0v) is 16.8. The molecule has 1 amide bonds. The van der Waals surface area contributed by atoms with Gasteiger partial charge < -0.3 is 14.3 Å². The number of carbonyl (C=O) groups excluding carboxylic acids is 1. The van der Waals surface area contributed by atoms with Crippen LogP contribution in [0.25, 0.3) is 11.8 Å². The molecule has 0 bridgehead atoms. The summed E-state index contributed by atoms with van der Waals surface area (Å²) >= 11 is 12.5. The maximum Gasteiger partial charge on any atom is 0.262 e. The largest absolute Gasteiger partial charge is 0.467 e. The summed E-state index contributed by atoms with van der Waals surface area (Å²) in [7, 11) is 0. The Morgan fingerprint density at radius 1 is 1.29 bits per heavy atom. The first-order chi connectivity index (χ1) is 13.4. The fourth-order valence-electron chi connectivity index (χ4n) is 2.95. The number of nitrogens with zero attached hydrogens (tertiary/aromatic N) is 2. The SMILES string of the molecule is Cc1cc(C=C(C#N)C(=O)NCc2ccco2)c(C)n1-c1cccc(Cl)c1Cl. The van der Waals surface area contributed by atoms with Crippen LogP contribution in [0.3, 0.4) is 0 Å². The van der Waals surface area contributed by atoms with Gasteiger partial charge in [0.1, 0.15) is 17.4 Å². The molecule has 0 radical (unpaired) electrons. The summed E-state index contributed by atoms with van der Waals surface area (Å²) in [5.41, 5.74) is 3.24. The van der Waals surface area contributed by atoms with Crippen molar-refractivity contribution in [1.29, 1.82) is 5.26 Å². The molecule has 1 N–H and O–H groups in total. The molecule has 28 heavy (non-hydrogen) atoms. The van der Waals surface area contributed by atoms with Gasteiger partial charge in [0.2, 0.25) is 0 Å². The number of hydrogen-bond donors (Lipinski definition) is 1. The number of rotatable bonds is 5. The molecular weight excluding hydrogens is 397 g/mol. The van der Waals surface area contributed by atoms with Gasteiger partial charge >= 0.3 is 0 Å². The molecule has 0 aliphatic heterocycles. The Morgan fingerprint density at radius 3 is 2.75 bits per heavy atom. The van der Waals surface area contributed by atoms with E-state index in [4.69, 9.17) is 27.6 Å². The van der Waals surface area contributed by atoms with Gasteiger partial charge in [-0.05, 0) is 55.8 Å². The monoisotopic (exact) mass is 413 g/mol. The molecule has 0 fully saturated rings. The van der Waals surface area contributed by atoms with Gasteiger partial charge in [0.05, 0.1) is 28.5 Å². The van der Waals surface area contributed by atoms with Gasteiger partial charge in [-0.25, -0.2) is 0 Å². The molecule has 7 heteroatoms. The summed E-state index contributed by atoms with van der Waals surface area (Å²) in [6.07, 6.45) is 3.09. The van der Waals surface area contributed by atoms with Gasteiger partial charge in [0.15, 0.2) is 0 Å². The van der Waals surface area contributed by atoms with E-state index in [1.54, 1.807) is 24.3 Å². The van der Waals surface area contributed by atoms with Crippen LogP contribution in [0.2, 0.25) is 10.0 Å². The molecular formula is C21H17Cl2N3O2. The van der Waals surface area contributed by atoms with Crippen LogP contribution in [-0.2, 0) is 11.3 Å². The first kappa shape index (κ1) is 19.8. The van der Waals surface area contributed by atoms with E-state index < -0.39 is 5.91 Å². The molecule has 3 aromatic rings. The summed E-state index contributed by atoms with van der Waals surface area (Å²) in [4.78, 5) is 12.4. The number of aryl methyl sites for hydroxylation is 1. The van der Waals surface area contributed by atoms with Crippen molar-refractivity contribution in [3.05, 3.63) is 81.0 Å². The van der Waals surface area contributed by atoms with E-state index >= 15 is 0 Å². The third-order valence-corrected chi connectivity index (χ3v) is 5.12. The highest BCUT2D eigenvalue weighted by molar-refractivity contribution is 6.43. The van der Waals surface area contributed by atoms with E-state index in [9.17, 15) is 10.1 Å². The minimum absolute atomic E-state index is 0.00370. The van der Waals surface area contributed by atoms with Crippen molar-refractivity contribution in [2.45, 2.75) is 20.4 Å². The normalized spacial score (nSPS) is 11.3. The van der Waals surface area contributed by atoms with Crippen molar-refractivity contribution >= 4 is 35.2 Å². The Balaban J connectivity index is 1.91. The van der Waals surface area contributed by atoms with Gasteiger partial charge in [-0.1, -0.05) is 29.3 Å². The highest BCUT2D eigenvalue weighted by atomic mass is 35.5. The predicted octanol–water partition coefficient (Wildman–Crippen LogP) is 5.22. The molecule has 5 nitrogen and oxygen atoms in total. The van der Waals surface area contributed by atoms with Crippen molar-refractivity contribution in [3.8, 4) is 11.8 Å². The number of nitrogens with one attached hydrogen (secondary N) is 1. The number of halogens is 2. The lowest BCUT2D eigenvalue weighted by atomic mass is 10.1. The Morgan fingerprint density at radius 2 is 2.07 bits per heavy atom. The molecule has 0 spiro atoms. The third kappa shape index (κ3) is 3.99. The number of furan rings is 1. The highest BCUT2D eigenvalue weighted by Crippen LogP contribution is 2.32. The lowest BCUT2D eigenvalue weighted by molar-refractivity contribution is -0.117. The number of amides is 1. The molecule has 2 aromatic heterocycles. The van der Waals surface area contributed by atoms with Crippen LogP contribution in [0.5, 0.6) is 0 Å². The second-order valence-corrected chi connectivity index (χ2v) is 6.95. The van der Waals surface area contributed by atoms with Gasteiger partial charge in [-0.15, -0.1) is 0 Å². The van der Waals surface area contributed by atoms with Crippen molar-refractivity contribution in [1.82, 2.24) is 9.88 Å². The first-order valence-electron chi connectivity index (χ1n) is 8.48. The molecule has 142 valence electrons. The average molecular weight is 414 g/mol. The van der Waals surface area contributed by atoms with Gasteiger partial charge in [0.25, 0.3) is 5.91 Å². The smallest absolute Gasteiger partial charge is 0.262 e. The van der Waals surface area contributed by atoms with Crippen LogP contribution >= 0.6 is 23.2 Å². The maximum absolute atomic E-state index is 12.4. The molecule has 0 unspecified atom stereocenters. The van der Waals surface area contributed by atoms with Gasteiger partial charge in [-0.3, -0.25) is 4.79 Å². The van der Waals surface area contributed by atoms with E-state index in [2.05, 4.69) is 5.32 Å².